The number of ether oxygens (including phenoxy) is 1. The zero-order valence-corrected chi connectivity index (χ0v) is 10.3. The van der Waals surface area contributed by atoms with Crippen molar-refractivity contribution in [2.75, 3.05) is 13.2 Å². The fourth-order valence-electron chi connectivity index (χ4n) is 1.61. The van der Waals surface area contributed by atoms with Crippen LogP contribution in [0.3, 0.4) is 0 Å². The first-order chi connectivity index (χ1) is 8.83. The van der Waals surface area contributed by atoms with Crippen LogP contribution in [0.15, 0.2) is 36.7 Å². The molecule has 1 aromatic heterocycles. The number of aliphatic hydroxyl groups excluding tert-OH is 1. The van der Waals surface area contributed by atoms with Crippen LogP contribution in [0, 0.1) is 0 Å². The summed E-state index contributed by atoms with van der Waals surface area (Å²) in [6, 6.07) is 8.62. The molecule has 0 atom stereocenters. The lowest BCUT2D eigenvalue weighted by molar-refractivity contribution is 0.191. The first-order valence-electron chi connectivity index (χ1n) is 5.98. The molecule has 0 bridgehead atoms. The molecular weight excluding hydrogens is 228 g/mol. The normalized spacial score (nSPS) is 10.3. The van der Waals surface area contributed by atoms with Gasteiger partial charge in [-0.2, -0.15) is 0 Å². The Bertz CT molecular complexity index is 480. The second-order valence-electron chi connectivity index (χ2n) is 3.88. The van der Waals surface area contributed by atoms with Crippen molar-refractivity contribution in [3.8, 4) is 17.1 Å². The summed E-state index contributed by atoms with van der Waals surface area (Å²) in [7, 11) is 0. The molecule has 0 radical (unpaired) electrons. The summed E-state index contributed by atoms with van der Waals surface area (Å²) in [5.41, 5.74) is 3.34. The standard InChI is InChI=1S/C14H16N2O2/c1-2-11-3-5-12(6-4-11)13-9-15-14(16-10-13)18-8-7-17/h3-6,9-10,17H,2,7-8H2,1H3. The number of aryl methyl sites for hydroxylation is 1. The average Bonchev–Trinajstić information content (AvgIpc) is 2.46. The molecule has 0 amide bonds. The molecule has 0 aliphatic rings. The van der Waals surface area contributed by atoms with E-state index in [0.29, 0.717) is 0 Å². The van der Waals surface area contributed by atoms with E-state index in [2.05, 4.69) is 41.2 Å². The summed E-state index contributed by atoms with van der Waals surface area (Å²) >= 11 is 0. The zero-order valence-electron chi connectivity index (χ0n) is 10.3. The maximum atomic E-state index is 8.63. The second kappa shape index (κ2) is 6.12. The predicted molar refractivity (Wildman–Crippen MR) is 69.4 cm³/mol. The fourth-order valence-corrected chi connectivity index (χ4v) is 1.61. The number of aliphatic hydroxyl groups is 1. The van der Waals surface area contributed by atoms with Gasteiger partial charge >= 0.3 is 6.01 Å². The van der Waals surface area contributed by atoms with Gasteiger partial charge in [0.05, 0.1) is 6.61 Å². The van der Waals surface area contributed by atoms with Gasteiger partial charge in [-0.3, -0.25) is 0 Å². The molecule has 2 aromatic rings. The Balaban J connectivity index is 2.12. The van der Waals surface area contributed by atoms with Crippen LogP contribution in [-0.4, -0.2) is 28.3 Å². The number of nitrogens with zero attached hydrogens (tertiary/aromatic N) is 2. The zero-order chi connectivity index (χ0) is 12.8. The van der Waals surface area contributed by atoms with Crippen molar-refractivity contribution >= 4 is 0 Å². The van der Waals surface area contributed by atoms with Crippen LogP contribution >= 0.6 is 0 Å². The highest BCUT2D eigenvalue weighted by atomic mass is 16.5. The van der Waals surface area contributed by atoms with Gasteiger partial charge in [-0.1, -0.05) is 31.2 Å². The monoisotopic (exact) mass is 244 g/mol. The van der Waals surface area contributed by atoms with Crippen molar-refractivity contribution in [1.82, 2.24) is 9.97 Å². The van der Waals surface area contributed by atoms with Gasteiger partial charge in [0.25, 0.3) is 0 Å². The number of aromatic nitrogens is 2. The molecule has 0 aliphatic carbocycles. The molecule has 94 valence electrons. The van der Waals surface area contributed by atoms with Crippen LogP contribution < -0.4 is 4.74 Å². The van der Waals surface area contributed by atoms with E-state index >= 15 is 0 Å². The van der Waals surface area contributed by atoms with Crippen molar-refractivity contribution in [3.63, 3.8) is 0 Å². The SMILES string of the molecule is CCc1ccc(-c2cnc(OCCO)nc2)cc1. The molecule has 0 spiro atoms. The van der Waals surface area contributed by atoms with E-state index < -0.39 is 0 Å². The molecule has 0 unspecified atom stereocenters. The Morgan fingerprint density at radius 2 is 1.72 bits per heavy atom. The van der Waals surface area contributed by atoms with Gasteiger partial charge in [-0.25, -0.2) is 9.97 Å². The lowest BCUT2D eigenvalue weighted by Crippen LogP contribution is -2.04. The molecule has 2 rings (SSSR count). The molecule has 1 heterocycles. The first-order valence-corrected chi connectivity index (χ1v) is 5.98. The molecule has 4 nitrogen and oxygen atoms in total. The second-order valence-corrected chi connectivity index (χ2v) is 3.88. The third kappa shape index (κ3) is 3.05. The van der Waals surface area contributed by atoms with E-state index in [1.807, 2.05) is 0 Å². The van der Waals surface area contributed by atoms with Gasteiger partial charge in [0, 0.05) is 18.0 Å². The minimum atomic E-state index is -0.0381. The van der Waals surface area contributed by atoms with E-state index in [1.165, 1.54) is 5.56 Å². The van der Waals surface area contributed by atoms with Gasteiger partial charge in [0.2, 0.25) is 0 Å². The predicted octanol–water partition coefficient (Wildman–Crippen LogP) is 2.08. The summed E-state index contributed by atoms with van der Waals surface area (Å²) in [4.78, 5) is 8.18. The summed E-state index contributed by atoms with van der Waals surface area (Å²) < 4.78 is 5.11. The van der Waals surface area contributed by atoms with Crippen molar-refractivity contribution in [1.29, 1.82) is 0 Å². The quantitative estimate of drug-likeness (QED) is 0.874. The lowest BCUT2D eigenvalue weighted by Gasteiger charge is -2.04. The topological polar surface area (TPSA) is 55.2 Å². The Morgan fingerprint density at radius 1 is 1.06 bits per heavy atom. The van der Waals surface area contributed by atoms with Crippen molar-refractivity contribution in [2.24, 2.45) is 0 Å². The van der Waals surface area contributed by atoms with E-state index in [0.717, 1.165) is 17.5 Å². The number of benzene rings is 1. The van der Waals surface area contributed by atoms with Gasteiger partial charge in [-0.15, -0.1) is 0 Å². The Morgan fingerprint density at radius 3 is 2.28 bits per heavy atom. The number of rotatable bonds is 5. The highest BCUT2D eigenvalue weighted by Gasteiger charge is 2.01. The van der Waals surface area contributed by atoms with Crippen molar-refractivity contribution < 1.29 is 9.84 Å². The van der Waals surface area contributed by atoms with E-state index in [4.69, 9.17) is 9.84 Å². The van der Waals surface area contributed by atoms with Crippen LogP contribution in [-0.2, 0) is 6.42 Å². The molecule has 0 saturated heterocycles. The molecule has 0 fully saturated rings. The molecule has 0 aliphatic heterocycles. The highest BCUT2D eigenvalue weighted by molar-refractivity contribution is 5.61. The van der Waals surface area contributed by atoms with Crippen LogP contribution in [0.5, 0.6) is 6.01 Å². The summed E-state index contributed by atoms with van der Waals surface area (Å²) in [6.45, 7) is 2.31. The molecule has 1 aromatic carbocycles. The van der Waals surface area contributed by atoms with Gasteiger partial charge in [0.1, 0.15) is 6.61 Å². The smallest absolute Gasteiger partial charge is 0.316 e. The van der Waals surface area contributed by atoms with Crippen LogP contribution in [0.2, 0.25) is 0 Å². The van der Waals surface area contributed by atoms with Gasteiger partial charge in [-0.05, 0) is 17.5 Å². The molecule has 0 saturated carbocycles. The fraction of sp³-hybridized carbons (Fsp3) is 0.286. The summed E-state index contributed by atoms with van der Waals surface area (Å²) in [5, 5.41) is 8.63. The minimum absolute atomic E-state index is 0.0381. The largest absolute Gasteiger partial charge is 0.461 e. The maximum Gasteiger partial charge on any atom is 0.316 e. The first kappa shape index (κ1) is 12.5. The number of hydrogen-bond donors (Lipinski definition) is 1. The van der Waals surface area contributed by atoms with E-state index in [9.17, 15) is 0 Å². The molecule has 1 N–H and O–H groups in total. The third-order valence-electron chi connectivity index (χ3n) is 2.65. The van der Waals surface area contributed by atoms with Crippen LogP contribution in [0.1, 0.15) is 12.5 Å². The van der Waals surface area contributed by atoms with Gasteiger partial charge < -0.3 is 9.84 Å². The molecular formula is C14H16N2O2. The minimum Gasteiger partial charge on any atom is -0.461 e. The highest BCUT2D eigenvalue weighted by Crippen LogP contribution is 2.19. The van der Waals surface area contributed by atoms with E-state index in [1.54, 1.807) is 12.4 Å². The third-order valence-corrected chi connectivity index (χ3v) is 2.65. The average molecular weight is 244 g/mol. The van der Waals surface area contributed by atoms with Crippen LogP contribution in [0.25, 0.3) is 11.1 Å². The number of hydrogen-bond acceptors (Lipinski definition) is 4. The van der Waals surface area contributed by atoms with Gasteiger partial charge in [0.15, 0.2) is 0 Å². The van der Waals surface area contributed by atoms with E-state index in [-0.39, 0.29) is 19.2 Å². The van der Waals surface area contributed by atoms with Crippen LogP contribution in [0.4, 0.5) is 0 Å². The van der Waals surface area contributed by atoms with Crippen molar-refractivity contribution in [2.45, 2.75) is 13.3 Å². The van der Waals surface area contributed by atoms with Crippen molar-refractivity contribution in [3.05, 3.63) is 42.2 Å². The Kier molecular flexibility index (Phi) is 4.25. The lowest BCUT2D eigenvalue weighted by atomic mass is 10.1. The Labute approximate surface area is 106 Å². The Hall–Kier alpha value is -1.94. The molecule has 4 heteroatoms. The molecule has 18 heavy (non-hydrogen) atoms. The summed E-state index contributed by atoms with van der Waals surface area (Å²) in [5.74, 6) is 0. The maximum absolute atomic E-state index is 8.63. The summed E-state index contributed by atoms with van der Waals surface area (Å²) in [6.07, 6.45) is 4.48.